The Morgan fingerprint density at radius 1 is 1.64 bits per heavy atom. The number of aliphatic hydroxyl groups excluding tert-OH is 1. The second-order valence-corrected chi connectivity index (χ2v) is 2.77. The van der Waals surface area contributed by atoms with Crippen molar-refractivity contribution in [1.82, 2.24) is 0 Å². The topological polar surface area (TPSA) is 45.9 Å². The zero-order chi connectivity index (χ0) is 7.84. The Kier molecular flexibility index (Phi) is 1.47. The third-order valence-corrected chi connectivity index (χ3v) is 1.90. The lowest BCUT2D eigenvalue weighted by atomic mass is 10.2. The normalized spacial score (nSPS) is 31.8. The molecule has 1 aliphatic rings. The van der Waals surface area contributed by atoms with E-state index in [0.29, 0.717) is 5.76 Å². The van der Waals surface area contributed by atoms with E-state index in [-0.39, 0.29) is 12.2 Å². The molecule has 0 radical (unpaired) electrons. The molecule has 3 nitrogen and oxygen atoms in total. The molecule has 0 saturated carbocycles. The van der Waals surface area contributed by atoms with Crippen molar-refractivity contribution in [3.8, 4) is 0 Å². The van der Waals surface area contributed by atoms with Gasteiger partial charge in [0, 0.05) is 0 Å². The van der Waals surface area contributed by atoms with E-state index < -0.39 is 6.10 Å². The maximum atomic E-state index is 9.50. The van der Waals surface area contributed by atoms with Crippen molar-refractivity contribution in [3.63, 3.8) is 0 Å². The SMILES string of the molecule is C[C@@H]1O[C@H]1[C@H](O)c1ccco1. The van der Waals surface area contributed by atoms with Crippen LogP contribution >= 0.6 is 0 Å². The number of rotatable bonds is 2. The van der Waals surface area contributed by atoms with Crippen LogP contribution in [0.2, 0.25) is 0 Å². The van der Waals surface area contributed by atoms with Gasteiger partial charge in [0.05, 0.1) is 12.4 Å². The van der Waals surface area contributed by atoms with Gasteiger partial charge in [0.15, 0.2) is 0 Å². The van der Waals surface area contributed by atoms with E-state index in [4.69, 9.17) is 9.15 Å². The largest absolute Gasteiger partial charge is 0.466 e. The lowest BCUT2D eigenvalue weighted by molar-refractivity contribution is 0.114. The van der Waals surface area contributed by atoms with Crippen molar-refractivity contribution in [2.24, 2.45) is 0 Å². The minimum atomic E-state index is -0.597. The fraction of sp³-hybridized carbons (Fsp3) is 0.500. The zero-order valence-corrected chi connectivity index (χ0v) is 6.23. The highest BCUT2D eigenvalue weighted by Crippen LogP contribution is 2.33. The maximum Gasteiger partial charge on any atom is 0.140 e. The van der Waals surface area contributed by atoms with Gasteiger partial charge in [-0.1, -0.05) is 0 Å². The van der Waals surface area contributed by atoms with Crippen molar-refractivity contribution in [2.75, 3.05) is 0 Å². The average molecular weight is 154 g/mol. The average Bonchev–Trinajstić information content (AvgIpc) is 2.56. The summed E-state index contributed by atoms with van der Waals surface area (Å²) in [6, 6.07) is 3.50. The summed E-state index contributed by atoms with van der Waals surface area (Å²) < 4.78 is 10.1. The van der Waals surface area contributed by atoms with E-state index in [1.54, 1.807) is 18.4 Å². The quantitative estimate of drug-likeness (QED) is 0.649. The molecule has 1 aliphatic heterocycles. The lowest BCUT2D eigenvalue weighted by Gasteiger charge is -2.01. The van der Waals surface area contributed by atoms with Gasteiger partial charge >= 0.3 is 0 Å². The summed E-state index contributed by atoms with van der Waals surface area (Å²) in [6.07, 6.45) is 1.04. The summed E-state index contributed by atoms with van der Waals surface area (Å²) in [5.41, 5.74) is 0. The number of furan rings is 1. The number of ether oxygens (including phenoxy) is 1. The molecule has 2 rings (SSSR count). The van der Waals surface area contributed by atoms with Gasteiger partial charge in [-0.25, -0.2) is 0 Å². The van der Waals surface area contributed by atoms with Crippen LogP contribution in [0, 0.1) is 0 Å². The lowest BCUT2D eigenvalue weighted by Crippen LogP contribution is -2.05. The Hall–Kier alpha value is -0.800. The second-order valence-electron chi connectivity index (χ2n) is 2.77. The van der Waals surface area contributed by atoms with Crippen LogP contribution in [-0.4, -0.2) is 17.3 Å². The van der Waals surface area contributed by atoms with Gasteiger partial charge in [-0.15, -0.1) is 0 Å². The Balaban J connectivity index is 2.06. The van der Waals surface area contributed by atoms with Crippen LogP contribution < -0.4 is 0 Å². The molecule has 1 aromatic heterocycles. The summed E-state index contributed by atoms with van der Waals surface area (Å²) in [6.45, 7) is 1.93. The Labute approximate surface area is 64.6 Å². The maximum absolute atomic E-state index is 9.50. The molecular weight excluding hydrogens is 144 g/mol. The van der Waals surface area contributed by atoms with Crippen LogP contribution in [0.3, 0.4) is 0 Å². The fourth-order valence-corrected chi connectivity index (χ4v) is 1.16. The van der Waals surface area contributed by atoms with Gasteiger partial charge in [-0.3, -0.25) is 0 Å². The highest BCUT2D eigenvalue weighted by molar-refractivity contribution is 5.07. The van der Waals surface area contributed by atoms with Gasteiger partial charge in [-0.2, -0.15) is 0 Å². The van der Waals surface area contributed by atoms with Crippen LogP contribution in [0.1, 0.15) is 18.8 Å². The van der Waals surface area contributed by atoms with Gasteiger partial charge in [-0.05, 0) is 19.1 Å². The standard InChI is InChI=1S/C8H10O3/c1-5-8(11-5)7(9)6-3-2-4-10-6/h2-5,7-9H,1H3/t5-,7+,8+/m0/s1. The molecule has 3 atom stereocenters. The second kappa shape index (κ2) is 2.36. The van der Waals surface area contributed by atoms with Crippen molar-refractivity contribution in [1.29, 1.82) is 0 Å². The predicted octanol–water partition coefficient (Wildman–Crippen LogP) is 1.10. The third-order valence-electron chi connectivity index (χ3n) is 1.90. The highest BCUT2D eigenvalue weighted by Gasteiger charge is 2.42. The van der Waals surface area contributed by atoms with Crippen LogP contribution in [0.25, 0.3) is 0 Å². The summed E-state index contributed by atoms with van der Waals surface area (Å²) in [4.78, 5) is 0. The molecule has 1 N–H and O–H groups in total. The molecule has 60 valence electrons. The molecular formula is C8H10O3. The van der Waals surface area contributed by atoms with E-state index in [1.807, 2.05) is 6.92 Å². The molecule has 1 saturated heterocycles. The molecule has 0 aromatic carbocycles. The smallest absolute Gasteiger partial charge is 0.140 e. The molecule has 0 bridgehead atoms. The summed E-state index contributed by atoms with van der Waals surface area (Å²) >= 11 is 0. The zero-order valence-electron chi connectivity index (χ0n) is 6.23. The summed E-state index contributed by atoms with van der Waals surface area (Å²) in [5.74, 6) is 0.583. The number of hydrogen-bond donors (Lipinski definition) is 1. The minimum Gasteiger partial charge on any atom is -0.466 e. The Morgan fingerprint density at radius 2 is 2.36 bits per heavy atom. The van der Waals surface area contributed by atoms with Crippen LogP contribution in [-0.2, 0) is 4.74 Å². The van der Waals surface area contributed by atoms with Crippen LogP contribution in [0.15, 0.2) is 22.8 Å². The molecule has 0 amide bonds. The summed E-state index contributed by atoms with van der Waals surface area (Å²) in [7, 11) is 0. The number of epoxide rings is 1. The van der Waals surface area contributed by atoms with Gasteiger partial charge in [0.1, 0.15) is 18.0 Å². The summed E-state index contributed by atoms with van der Waals surface area (Å²) in [5, 5.41) is 9.50. The predicted molar refractivity (Wildman–Crippen MR) is 38.0 cm³/mol. The first kappa shape index (κ1) is 6.88. The molecule has 1 fully saturated rings. The molecule has 11 heavy (non-hydrogen) atoms. The van der Waals surface area contributed by atoms with Gasteiger partial charge in [0.2, 0.25) is 0 Å². The first-order valence-corrected chi connectivity index (χ1v) is 3.66. The fourth-order valence-electron chi connectivity index (χ4n) is 1.16. The molecule has 3 heteroatoms. The van der Waals surface area contributed by atoms with Gasteiger partial charge in [0.25, 0.3) is 0 Å². The number of aliphatic hydroxyl groups is 1. The Morgan fingerprint density at radius 3 is 2.82 bits per heavy atom. The Bertz CT molecular complexity index is 229. The molecule has 0 unspecified atom stereocenters. The third kappa shape index (κ3) is 1.17. The highest BCUT2D eigenvalue weighted by atomic mass is 16.6. The van der Waals surface area contributed by atoms with E-state index in [1.165, 1.54) is 0 Å². The van der Waals surface area contributed by atoms with E-state index >= 15 is 0 Å². The van der Waals surface area contributed by atoms with Crippen molar-refractivity contribution in [2.45, 2.75) is 25.2 Å². The van der Waals surface area contributed by atoms with Crippen LogP contribution in [0.4, 0.5) is 0 Å². The molecule has 0 spiro atoms. The minimum absolute atomic E-state index is 0.0684. The van der Waals surface area contributed by atoms with E-state index in [9.17, 15) is 5.11 Å². The number of hydrogen-bond acceptors (Lipinski definition) is 3. The van der Waals surface area contributed by atoms with E-state index in [2.05, 4.69) is 0 Å². The monoisotopic (exact) mass is 154 g/mol. The van der Waals surface area contributed by atoms with Crippen LogP contribution in [0.5, 0.6) is 0 Å². The van der Waals surface area contributed by atoms with Crippen molar-refractivity contribution < 1.29 is 14.3 Å². The first-order valence-electron chi connectivity index (χ1n) is 3.66. The van der Waals surface area contributed by atoms with E-state index in [0.717, 1.165) is 0 Å². The van der Waals surface area contributed by atoms with Gasteiger partial charge < -0.3 is 14.3 Å². The molecule has 1 aromatic rings. The first-order chi connectivity index (χ1) is 5.29. The molecule has 2 heterocycles. The van der Waals surface area contributed by atoms with Crippen molar-refractivity contribution in [3.05, 3.63) is 24.2 Å². The van der Waals surface area contributed by atoms with Crippen molar-refractivity contribution >= 4 is 0 Å². The molecule has 0 aliphatic carbocycles.